The summed E-state index contributed by atoms with van der Waals surface area (Å²) in [5.74, 6) is -2.09. The maximum atomic E-state index is 10.4. The minimum absolute atomic E-state index is 0. The molecule has 0 aliphatic rings. The summed E-state index contributed by atoms with van der Waals surface area (Å²) < 4.78 is 0. The third-order valence-corrected chi connectivity index (χ3v) is 2.63. The molecule has 110 valence electrons. The number of rotatable bonds is 4. The molecule has 0 aromatic heterocycles. The molecule has 0 spiro atoms. The summed E-state index contributed by atoms with van der Waals surface area (Å²) in [6, 6.07) is 16.6. The van der Waals surface area contributed by atoms with E-state index in [1.165, 1.54) is 12.1 Å². The van der Waals surface area contributed by atoms with Gasteiger partial charge in [0.2, 0.25) is 0 Å². The Morgan fingerprint density at radius 2 is 1.45 bits per heavy atom. The minimum atomic E-state index is -1.13. The Morgan fingerprint density at radius 3 is 1.82 bits per heavy atom. The maximum absolute atomic E-state index is 10.4. The number of hydrogen-bond donors (Lipinski definition) is 2. The molecule has 2 aromatic rings. The number of carbonyl (C=O) groups excluding carboxylic acids is 1. The zero-order valence-electron chi connectivity index (χ0n) is 12.3. The second-order valence-corrected chi connectivity index (χ2v) is 4.29. The molecule has 22 heavy (non-hydrogen) atoms. The predicted octanol–water partition coefficient (Wildman–Crippen LogP) is -2.30. The van der Waals surface area contributed by atoms with Gasteiger partial charge in [0.1, 0.15) is 6.04 Å². The molecule has 3 N–H and O–H groups in total. The Kier molecular flexibility index (Phi) is 10.2. The summed E-state index contributed by atoms with van der Waals surface area (Å²) in [6.45, 7) is 0. The van der Waals surface area contributed by atoms with Crippen molar-refractivity contribution in [2.45, 2.75) is 12.5 Å². The Balaban J connectivity index is 0.000000397. The van der Waals surface area contributed by atoms with Crippen molar-refractivity contribution in [2.75, 3.05) is 0 Å². The Labute approximate surface area is 151 Å². The molecule has 2 rings (SSSR count). The SMILES string of the molecule is NC(Cc1ccccc1)C(=O)O.O=C([O-])c1ccccc1.[Na+]. The molecule has 0 aliphatic carbocycles. The van der Waals surface area contributed by atoms with Crippen LogP contribution in [-0.4, -0.2) is 23.1 Å². The van der Waals surface area contributed by atoms with E-state index in [2.05, 4.69) is 0 Å². The average molecular weight is 309 g/mol. The second-order valence-electron chi connectivity index (χ2n) is 4.29. The molecule has 0 radical (unpaired) electrons. The van der Waals surface area contributed by atoms with E-state index in [1.54, 1.807) is 18.2 Å². The fourth-order valence-corrected chi connectivity index (χ4v) is 1.53. The Bertz CT molecular complexity index is 575. The van der Waals surface area contributed by atoms with Crippen LogP contribution in [0.1, 0.15) is 15.9 Å². The molecule has 0 heterocycles. The van der Waals surface area contributed by atoms with Crippen molar-refractivity contribution in [3.05, 3.63) is 71.8 Å². The number of benzene rings is 2. The number of nitrogens with two attached hydrogens (primary N) is 1. The first-order chi connectivity index (χ1) is 10.0. The van der Waals surface area contributed by atoms with Gasteiger partial charge in [0.25, 0.3) is 0 Å². The van der Waals surface area contributed by atoms with E-state index in [9.17, 15) is 14.7 Å². The van der Waals surface area contributed by atoms with E-state index in [-0.39, 0.29) is 35.1 Å². The average Bonchev–Trinajstić information content (AvgIpc) is 2.49. The fourth-order valence-electron chi connectivity index (χ4n) is 1.53. The molecule has 5 nitrogen and oxygen atoms in total. The molecule has 0 saturated heterocycles. The molecule has 0 bridgehead atoms. The fraction of sp³-hybridized carbons (Fsp3) is 0.125. The number of hydrogen-bond acceptors (Lipinski definition) is 4. The van der Waals surface area contributed by atoms with E-state index in [4.69, 9.17) is 10.8 Å². The number of carbonyl (C=O) groups is 2. The van der Waals surface area contributed by atoms with Gasteiger partial charge in [-0.05, 0) is 17.5 Å². The second kappa shape index (κ2) is 11.0. The van der Waals surface area contributed by atoms with Crippen molar-refractivity contribution in [3.8, 4) is 0 Å². The first-order valence-electron chi connectivity index (χ1n) is 6.29. The molecule has 1 unspecified atom stereocenters. The molecule has 2 aromatic carbocycles. The van der Waals surface area contributed by atoms with Crippen LogP contribution in [-0.2, 0) is 11.2 Å². The van der Waals surface area contributed by atoms with Gasteiger partial charge >= 0.3 is 35.5 Å². The van der Waals surface area contributed by atoms with Gasteiger partial charge in [-0.2, -0.15) is 0 Å². The summed E-state index contributed by atoms with van der Waals surface area (Å²) in [5.41, 5.74) is 6.52. The summed E-state index contributed by atoms with van der Waals surface area (Å²) >= 11 is 0. The van der Waals surface area contributed by atoms with Gasteiger partial charge in [0.15, 0.2) is 0 Å². The maximum Gasteiger partial charge on any atom is 1.00 e. The molecule has 0 saturated carbocycles. The molecular weight excluding hydrogens is 293 g/mol. The number of carboxylic acid groups (broad SMARTS) is 2. The number of aromatic carboxylic acids is 1. The minimum Gasteiger partial charge on any atom is -0.545 e. The van der Waals surface area contributed by atoms with Crippen molar-refractivity contribution in [1.29, 1.82) is 0 Å². The summed E-state index contributed by atoms with van der Waals surface area (Å²) in [6.07, 6.45) is 0.385. The van der Waals surface area contributed by atoms with Gasteiger partial charge < -0.3 is 20.7 Å². The van der Waals surface area contributed by atoms with Gasteiger partial charge in [-0.1, -0.05) is 60.7 Å². The van der Waals surface area contributed by atoms with Gasteiger partial charge in [-0.15, -0.1) is 0 Å². The first kappa shape index (κ1) is 20.3. The van der Waals surface area contributed by atoms with Crippen molar-refractivity contribution in [3.63, 3.8) is 0 Å². The van der Waals surface area contributed by atoms with Crippen molar-refractivity contribution in [2.24, 2.45) is 5.73 Å². The van der Waals surface area contributed by atoms with E-state index in [0.717, 1.165) is 5.56 Å². The third kappa shape index (κ3) is 7.95. The van der Waals surface area contributed by atoms with E-state index in [1.807, 2.05) is 30.3 Å². The standard InChI is InChI=1S/C9H11NO2.C7H6O2.Na/c10-8(9(11)12)6-7-4-2-1-3-5-7;8-7(9)6-4-2-1-3-5-6;/h1-5,8H,6,10H2,(H,11,12);1-5H,(H,8,9);/q;;+1/p-1. The summed E-state index contributed by atoms with van der Waals surface area (Å²) in [4.78, 5) is 20.5. The molecule has 0 fully saturated rings. The van der Waals surface area contributed by atoms with Crippen LogP contribution in [0.3, 0.4) is 0 Å². The van der Waals surface area contributed by atoms with E-state index >= 15 is 0 Å². The normalized spacial score (nSPS) is 10.4. The van der Waals surface area contributed by atoms with Crippen LogP contribution in [0.25, 0.3) is 0 Å². The summed E-state index contributed by atoms with van der Waals surface area (Å²) in [5, 5.41) is 18.6. The Morgan fingerprint density at radius 1 is 1.00 bits per heavy atom. The van der Waals surface area contributed by atoms with Crippen LogP contribution in [0.4, 0.5) is 0 Å². The zero-order chi connectivity index (χ0) is 15.7. The molecule has 6 heteroatoms. The van der Waals surface area contributed by atoms with Gasteiger partial charge in [-0.3, -0.25) is 4.79 Å². The van der Waals surface area contributed by atoms with Gasteiger partial charge in [0.05, 0.1) is 5.97 Å². The van der Waals surface area contributed by atoms with Crippen molar-refractivity contribution < 1.29 is 49.4 Å². The number of aliphatic carboxylic acids is 1. The van der Waals surface area contributed by atoms with Gasteiger partial charge in [0, 0.05) is 0 Å². The Hall–Kier alpha value is -1.66. The van der Waals surface area contributed by atoms with Crippen LogP contribution >= 0.6 is 0 Å². The number of carboxylic acids is 2. The van der Waals surface area contributed by atoms with E-state index < -0.39 is 18.0 Å². The smallest absolute Gasteiger partial charge is 0.545 e. The van der Waals surface area contributed by atoms with Crippen LogP contribution in [0, 0.1) is 0 Å². The summed E-state index contributed by atoms with van der Waals surface area (Å²) in [7, 11) is 0. The molecular formula is C16H16NNaO4. The topological polar surface area (TPSA) is 103 Å². The van der Waals surface area contributed by atoms with Crippen LogP contribution < -0.4 is 40.4 Å². The first-order valence-corrected chi connectivity index (χ1v) is 6.29. The van der Waals surface area contributed by atoms with Crippen molar-refractivity contribution in [1.82, 2.24) is 0 Å². The van der Waals surface area contributed by atoms with Crippen LogP contribution in [0.2, 0.25) is 0 Å². The zero-order valence-corrected chi connectivity index (χ0v) is 14.3. The quantitative estimate of drug-likeness (QED) is 0.618. The third-order valence-electron chi connectivity index (χ3n) is 2.63. The van der Waals surface area contributed by atoms with Crippen LogP contribution in [0.5, 0.6) is 0 Å². The monoisotopic (exact) mass is 309 g/mol. The van der Waals surface area contributed by atoms with Crippen LogP contribution in [0.15, 0.2) is 60.7 Å². The van der Waals surface area contributed by atoms with Gasteiger partial charge in [-0.25, -0.2) is 0 Å². The molecule has 0 amide bonds. The van der Waals surface area contributed by atoms with E-state index in [0.29, 0.717) is 6.42 Å². The molecule has 0 aliphatic heterocycles. The largest absolute Gasteiger partial charge is 1.00 e. The molecule has 1 atom stereocenters. The predicted molar refractivity (Wildman–Crippen MR) is 76.5 cm³/mol. The van der Waals surface area contributed by atoms with Crippen molar-refractivity contribution >= 4 is 11.9 Å².